The van der Waals surface area contributed by atoms with Crippen molar-refractivity contribution in [2.24, 2.45) is 5.92 Å². The Bertz CT molecular complexity index is 151. The second kappa shape index (κ2) is 6.86. The molecule has 72 valence electrons. The molecule has 1 aliphatic rings. The summed E-state index contributed by atoms with van der Waals surface area (Å²) in [6, 6.07) is 0. The zero-order valence-corrected chi connectivity index (χ0v) is 8.01. The maximum absolute atomic E-state index is 11.4. The van der Waals surface area contributed by atoms with Gasteiger partial charge in [0, 0.05) is 0 Å². The molecule has 0 spiro atoms. The number of carbonyl (C=O) groups excluding carboxylic acids is 1. The Morgan fingerprint density at radius 1 is 1.23 bits per heavy atom. The molecule has 2 nitrogen and oxygen atoms in total. The van der Waals surface area contributed by atoms with Crippen molar-refractivity contribution in [3.05, 3.63) is 0 Å². The van der Waals surface area contributed by atoms with Crippen LogP contribution in [0.2, 0.25) is 0 Å². The molecule has 0 unspecified atom stereocenters. The first-order valence-electron chi connectivity index (χ1n) is 4.90. The molecule has 0 radical (unpaired) electrons. The Kier molecular flexibility index (Phi) is 7.10. The summed E-state index contributed by atoms with van der Waals surface area (Å²) in [5.41, 5.74) is 0. The van der Waals surface area contributed by atoms with Crippen LogP contribution in [0, 0.1) is 5.92 Å². The topological polar surface area (TPSA) is 26.3 Å². The fraction of sp³-hybridized carbons (Fsp3) is 0.900. The first kappa shape index (κ1) is 13.5. The number of esters is 1. The fourth-order valence-corrected chi connectivity index (χ4v) is 1.67. The Morgan fingerprint density at radius 3 is 2.23 bits per heavy atom. The summed E-state index contributed by atoms with van der Waals surface area (Å²) in [7, 11) is 0. The van der Waals surface area contributed by atoms with E-state index in [0.29, 0.717) is 0 Å². The molecule has 1 aliphatic carbocycles. The van der Waals surface area contributed by atoms with Crippen LogP contribution in [-0.2, 0) is 9.53 Å². The number of hydrogen-bond acceptors (Lipinski definition) is 2. The molecule has 13 heavy (non-hydrogen) atoms. The van der Waals surface area contributed by atoms with Crippen molar-refractivity contribution in [1.29, 1.82) is 0 Å². The second-order valence-electron chi connectivity index (χ2n) is 3.82. The SMILES string of the molecule is CC(C)OC(=O)C1CCCCC1.[NaH]. The monoisotopic (exact) mass is 194 g/mol. The molecule has 0 aromatic rings. The molecular formula is C10H19NaO2. The first-order valence-corrected chi connectivity index (χ1v) is 4.90. The predicted octanol–water partition coefficient (Wildman–Crippen LogP) is 1.87. The van der Waals surface area contributed by atoms with E-state index in [1.54, 1.807) is 0 Å². The second-order valence-corrected chi connectivity index (χ2v) is 3.82. The van der Waals surface area contributed by atoms with Crippen molar-refractivity contribution in [3.63, 3.8) is 0 Å². The average Bonchev–Trinajstić information content (AvgIpc) is 2.05. The summed E-state index contributed by atoms with van der Waals surface area (Å²) in [6.45, 7) is 3.81. The summed E-state index contributed by atoms with van der Waals surface area (Å²) in [4.78, 5) is 11.4. The summed E-state index contributed by atoms with van der Waals surface area (Å²) >= 11 is 0. The molecule has 1 fully saturated rings. The zero-order chi connectivity index (χ0) is 8.97. The van der Waals surface area contributed by atoms with Gasteiger partial charge in [-0.1, -0.05) is 19.3 Å². The van der Waals surface area contributed by atoms with Gasteiger partial charge in [0.25, 0.3) is 0 Å². The molecule has 0 saturated heterocycles. The van der Waals surface area contributed by atoms with Crippen molar-refractivity contribution in [2.75, 3.05) is 0 Å². The van der Waals surface area contributed by atoms with E-state index in [2.05, 4.69) is 0 Å². The summed E-state index contributed by atoms with van der Waals surface area (Å²) in [6.07, 6.45) is 5.78. The third-order valence-electron chi connectivity index (χ3n) is 2.29. The molecule has 0 atom stereocenters. The molecule has 0 bridgehead atoms. The molecule has 0 heterocycles. The van der Waals surface area contributed by atoms with Gasteiger partial charge in [-0.25, -0.2) is 0 Å². The van der Waals surface area contributed by atoms with Gasteiger partial charge in [0.2, 0.25) is 0 Å². The van der Waals surface area contributed by atoms with E-state index in [-0.39, 0.29) is 47.5 Å². The van der Waals surface area contributed by atoms with Crippen LogP contribution in [0.4, 0.5) is 0 Å². The standard InChI is InChI=1S/C10H18O2.Na.H/c1-8(2)12-10(11)9-6-4-3-5-7-9;;/h8-9H,3-7H2,1-2H3;;. The average molecular weight is 194 g/mol. The molecule has 1 saturated carbocycles. The first-order chi connectivity index (χ1) is 5.70. The Morgan fingerprint density at radius 2 is 1.77 bits per heavy atom. The van der Waals surface area contributed by atoms with Crippen LogP contribution in [0.15, 0.2) is 0 Å². The van der Waals surface area contributed by atoms with Gasteiger partial charge >= 0.3 is 35.5 Å². The minimum absolute atomic E-state index is 0. The van der Waals surface area contributed by atoms with Crippen molar-refractivity contribution in [1.82, 2.24) is 0 Å². The van der Waals surface area contributed by atoms with Gasteiger partial charge in [-0.2, -0.15) is 0 Å². The molecule has 0 aliphatic heterocycles. The van der Waals surface area contributed by atoms with E-state index >= 15 is 0 Å². The molecule has 0 aromatic heterocycles. The third kappa shape index (κ3) is 5.04. The van der Waals surface area contributed by atoms with Crippen LogP contribution in [0.5, 0.6) is 0 Å². The number of hydrogen-bond donors (Lipinski definition) is 0. The molecule has 1 rings (SSSR count). The van der Waals surface area contributed by atoms with Gasteiger partial charge in [-0.3, -0.25) is 4.79 Å². The van der Waals surface area contributed by atoms with Gasteiger partial charge in [0.05, 0.1) is 12.0 Å². The molecular weight excluding hydrogens is 175 g/mol. The van der Waals surface area contributed by atoms with Crippen molar-refractivity contribution in [2.45, 2.75) is 52.1 Å². The van der Waals surface area contributed by atoms with Crippen LogP contribution in [0.1, 0.15) is 46.0 Å². The van der Waals surface area contributed by atoms with Gasteiger partial charge in [-0.15, -0.1) is 0 Å². The molecule has 0 N–H and O–H groups in total. The minimum atomic E-state index is 0. The summed E-state index contributed by atoms with van der Waals surface area (Å²) in [5, 5.41) is 0. The number of carbonyl (C=O) groups is 1. The number of ether oxygens (including phenoxy) is 1. The maximum atomic E-state index is 11.4. The van der Waals surface area contributed by atoms with Gasteiger partial charge < -0.3 is 4.74 Å². The van der Waals surface area contributed by atoms with E-state index in [1.165, 1.54) is 19.3 Å². The predicted molar refractivity (Wildman–Crippen MR) is 55.0 cm³/mol. The van der Waals surface area contributed by atoms with Crippen LogP contribution >= 0.6 is 0 Å². The third-order valence-corrected chi connectivity index (χ3v) is 2.29. The van der Waals surface area contributed by atoms with Crippen molar-refractivity contribution < 1.29 is 9.53 Å². The Labute approximate surface area is 103 Å². The summed E-state index contributed by atoms with van der Waals surface area (Å²) in [5.74, 6) is 0.214. The van der Waals surface area contributed by atoms with E-state index < -0.39 is 0 Å². The van der Waals surface area contributed by atoms with Crippen LogP contribution in [0.3, 0.4) is 0 Å². The van der Waals surface area contributed by atoms with Crippen LogP contribution in [0.25, 0.3) is 0 Å². The number of rotatable bonds is 2. The molecule has 3 heteroatoms. The van der Waals surface area contributed by atoms with Gasteiger partial charge in [0.15, 0.2) is 0 Å². The molecule has 0 aromatic carbocycles. The Hall–Kier alpha value is 0.470. The van der Waals surface area contributed by atoms with Crippen molar-refractivity contribution >= 4 is 35.5 Å². The van der Waals surface area contributed by atoms with E-state index in [1.807, 2.05) is 13.8 Å². The molecule has 0 amide bonds. The van der Waals surface area contributed by atoms with Crippen molar-refractivity contribution in [3.8, 4) is 0 Å². The van der Waals surface area contributed by atoms with Crippen LogP contribution in [-0.4, -0.2) is 41.6 Å². The quantitative estimate of drug-likeness (QED) is 0.495. The van der Waals surface area contributed by atoms with Crippen LogP contribution < -0.4 is 0 Å². The van der Waals surface area contributed by atoms with E-state index in [0.717, 1.165) is 12.8 Å². The van der Waals surface area contributed by atoms with Gasteiger partial charge in [0.1, 0.15) is 0 Å². The normalized spacial score (nSPS) is 18.1. The van der Waals surface area contributed by atoms with E-state index in [9.17, 15) is 4.79 Å². The Balaban J connectivity index is 0.00000144. The van der Waals surface area contributed by atoms with E-state index in [4.69, 9.17) is 4.74 Å². The zero-order valence-electron chi connectivity index (χ0n) is 8.01. The summed E-state index contributed by atoms with van der Waals surface area (Å²) < 4.78 is 5.15. The van der Waals surface area contributed by atoms with Gasteiger partial charge in [-0.05, 0) is 26.7 Å². The fourth-order valence-electron chi connectivity index (χ4n) is 1.67.